The molecular weight excluding hydrogens is 272 g/mol. The van der Waals surface area contributed by atoms with E-state index in [-0.39, 0.29) is 19.2 Å². The van der Waals surface area contributed by atoms with Gasteiger partial charge in [0.25, 0.3) is 5.91 Å². The van der Waals surface area contributed by atoms with Gasteiger partial charge in [-0.15, -0.1) is 0 Å². The molecule has 1 aromatic carbocycles. The SMILES string of the molecule is CNN(COC(C)=O)C(=O)COc1c(C)cc(C)cc1C. The summed E-state index contributed by atoms with van der Waals surface area (Å²) in [4.78, 5) is 22.8. The number of hydrazine groups is 1. The van der Waals surface area contributed by atoms with Crippen molar-refractivity contribution in [3.8, 4) is 5.75 Å². The zero-order valence-corrected chi connectivity index (χ0v) is 13.1. The predicted octanol–water partition coefficient (Wildman–Crippen LogP) is 1.47. The lowest BCUT2D eigenvalue weighted by atomic mass is 10.1. The summed E-state index contributed by atoms with van der Waals surface area (Å²) >= 11 is 0. The summed E-state index contributed by atoms with van der Waals surface area (Å²) in [6.45, 7) is 6.89. The molecule has 1 aromatic rings. The van der Waals surface area contributed by atoms with Gasteiger partial charge in [0, 0.05) is 14.0 Å². The molecule has 0 fully saturated rings. The third-order valence-electron chi connectivity index (χ3n) is 2.91. The van der Waals surface area contributed by atoms with E-state index in [2.05, 4.69) is 5.43 Å². The Hall–Kier alpha value is -2.08. The molecule has 116 valence electrons. The Morgan fingerprint density at radius 1 is 1.19 bits per heavy atom. The summed E-state index contributed by atoms with van der Waals surface area (Å²) in [5.74, 6) is -0.0650. The van der Waals surface area contributed by atoms with E-state index in [0.29, 0.717) is 5.75 Å². The van der Waals surface area contributed by atoms with Gasteiger partial charge in [-0.2, -0.15) is 0 Å². The summed E-state index contributed by atoms with van der Waals surface area (Å²) in [5.41, 5.74) is 5.77. The minimum atomic E-state index is -0.450. The van der Waals surface area contributed by atoms with Gasteiger partial charge >= 0.3 is 5.97 Å². The quantitative estimate of drug-likeness (QED) is 0.489. The van der Waals surface area contributed by atoms with Crippen LogP contribution in [0, 0.1) is 20.8 Å². The zero-order valence-electron chi connectivity index (χ0n) is 13.1. The van der Waals surface area contributed by atoms with Crippen molar-refractivity contribution in [2.75, 3.05) is 20.4 Å². The van der Waals surface area contributed by atoms with Gasteiger partial charge in [-0.25, -0.2) is 10.4 Å². The number of ether oxygens (including phenoxy) is 2. The second kappa shape index (κ2) is 7.64. The van der Waals surface area contributed by atoms with Gasteiger partial charge in [0.15, 0.2) is 13.3 Å². The lowest BCUT2D eigenvalue weighted by Crippen LogP contribution is -2.44. The summed E-state index contributed by atoms with van der Waals surface area (Å²) in [7, 11) is 1.57. The first-order chi connectivity index (χ1) is 9.85. The van der Waals surface area contributed by atoms with E-state index in [1.807, 2.05) is 32.9 Å². The maximum Gasteiger partial charge on any atom is 0.304 e. The van der Waals surface area contributed by atoms with Crippen LogP contribution in [0.15, 0.2) is 12.1 Å². The third kappa shape index (κ3) is 5.07. The van der Waals surface area contributed by atoms with Crippen molar-refractivity contribution in [2.24, 2.45) is 0 Å². The standard InChI is InChI=1S/C15H22N2O4/c1-10-6-11(2)15(12(3)7-10)20-8-14(19)17(16-5)9-21-13(4)18/h6-7,16H,8-9H2,1-5H3. The number of hydrogen-bond donors (Lipinski definition) is 1. The number of benzene rings is 1. The van der Waals surface area contributed by atoms with Gasteiger partial charge < -0.3 is 9.47 Å². The molecule has 0 aliphatic carbocycles. The molecule has 1 amide bonds. The summed E-state index contributed by atoms with van der Waals surface area (Å²) in [6.07, 6.45) is 0. The van der Waals surface area contributed by atoms with Gasteiger partial charge in [0.2, 0.25) is 0 Å². The number of carbonyl (C=O) groups is 2. The number of nitrogens with zero attached hydrogens (tertiary/aromatic N) is 1. The minimum Gasteiger partial charge on any atom is -0.483 e. The Morgan fingerprint density at radius 2 is 1.76 bits per heavy atom. The van der Waals surface area contributed by atoms with Crippen molar-refractivity contribution in [1.29, 1.82) is 0 Å². The molecular formula is C15H22N2O4. The highest BCUT2D eigenvalue weighted by molar-refractivity contribution is 5.77. The van der Waals surface area contributed by atoms with Crippen molar-refractivity contribution in [3.05, 3.63) is 28.8 Å². The van der Waals surface area contributed by atoms with Crippen molar-refractivity contribution in [1.82, 2.24) is 10.4 Å². The van der Waals surface area contributed by atoms with E-state index in [1.165, 1.54) is 11.9 Å². The monoisotopic (exact) mass is 294 g/mol. The van der Waals surface area contributed by atoms with Crippen LogP contribution < -0.4 is 10.2 Å². The predicted molar refractivity (Wildman–Crippen MR) is 78.7 cm³/mol. The molecule has 0 spiro atoms. The van der Waals surface area contributed by atoms with Crippen molar-refractivity contribution in [2.45, 2.75) is 27.7 Å². The highest BCUT2D eigenvalue weighted by Gasteiger charge is 2.15. The van der Waals surface area contributed by atoms with Gasteiger partial charge in [0.05, 0.1) is 0 Å². The van der Waals surface area contributed by atoms with E-state index in [1.54, 1.807) is 7.05 Å². The lowest BCUT2D eigenvalue weighted by Gasteiger charge is -2.21. The maximum atomic E-state index is 12.0. The first-order valence-corrected chi connectivity index (χ1v) is 6.67. The lowest BCUT2D eigenvalue weighted by molar-refractivity contribution is -0.154. The molecule has 1 rings (SSSR count). The molecule has 6 heteroatoms. The number of hydrogen-bond acceptors (Lipinski definition) is 5. The molecule has 0 aliphatic rings. The van der Waals surface area contributed by atoms with Crippen LogP contribution >= 0.6 is 0 Å². The molecule has 0 saturated carbocycles. The summed E-state index contributed by atoms with van der Waals surface area (Å²) < 4.78 is 10.4. The number of nitrogens with one attached hydrogen (secondary N) is 1. The summed E-state index contributed by atoms with van der Waals surface area (Å²) in [5, 5.41) is 1.18. The highest BCUT2D eigenvalue weighted by Crippen LogP contribution is 2.24. The molecule has 0 radical (unpaired) electrons. The van der Waals surface area contributed by atoms with Crippen molar-refractivity contribution >= 4 is 11.9 Å². The molecule has 0 aliphatic heterocycles. The van der Waals surface area contributed by atoms with Crippen LogP contribution in [0.2, 0.25) is 0 Å². The van der Waals surface area contributed by atoms with Crippen molar-refractivity contribution < 1.29 is 19.1 Å². The fraction of sp³-hybridized carbons (Fsp3) is 0.467. The second-order valence-electron chi connectivity index (χ2n) is 4.83. The smallest absolute Gasteiger partial charge is 0.304 e. The number of esters is 1. The maximum absolute atomic E-state index is 12.0. The largest absolute Gasteiger partial charge is 0.483 e. The second-order valence-corrected chi connectivity index (χ2v) is 4.83. The number of rotatable bonds is 6. The molecule has 0 heterocycles. The van der Waals surface area contributed by atoms with E-state index < -0.39 is 5.97 Å². The van der Waals surface area contributed by atoms with Crippen LogP contribution in [-0.4, -0.2) is 37.3 Å². The molecule has 0 atom stereocenters. The molecule has 0 aromatic heterocycles. The molecule has 6 nitrogen and oxygen atoms in total. The Balaban J connectivity index is 2.65. The van der Waals surface area contributed by atoms with E-state index >= 15 is 0 Å². The van der Waals surface area contributed by atoms with Gasteiger partial charge in [0.1, 0.15) is 5.75 Å². The van der Waals surface area contributed by atoms with Gasteiger partial charge in [-0.3, -0.25) is 9.59 Å². The van der Waals surface area contributed by atoms with Crippen molar-refractivity contribution in [3.63, 3.8) is 0 Å². The highest BCUT2D eigenvalue weighted by atomic mass is 16.5. The molecule has 21 heavy (non-hydrogen) atoms. The first-order valence-electron chi connectivity index (χ1n) is 6.67. The average molecular weight is 294 g/mol. The van der Waals surface area contributed by atoms with E-state index in [9.17, 15) is 9.59 Å². The zero-order chi connectivity index (χ0) is 16.0. The third-order valence-corrected chi connectivity index (χ3v) is 2.91. The molecule has 0 bridgehead atoms. The Bertz CT molecular complexity index is 505. The van der Waals surface area contributed by atoms with Gasteiger partial charge in [-0.05, 0) is 31.9 Å². The van der Waals surface area contributed by atoms with E-state index in [0.717, 1.165) is 16.7 Å². The van der Waals surface area contributed by atoms with Crippen LogP contribution in [-0.2, 0) is 14.3 Å². The normalized spacial score (nSPS) is 10.1. The van der Waals surface area contributed by atoms with Crippen LogP contribution in [0.1, 0.15) is 23.6 Å². The minimum absolute atomic E-state index is 0.132. The number of amides is 1. The average Bonchev–Trinajstić information content (AvgIpc) is 2.37. The topological polar surface area (TPSA) is 67.9 Å². The van der Waals surface area contributed by atoms with Crippen LogP contribution in [0.25, 0.3) is 0 Å². The fourth-order valence-electron chi connectivity index (χ4n) is 2.02. The molecule has 0 unspecified atom stereocenters. The Labute approximate surface area is 125 Å². The first kappa shape index (κ1) is 17.0. The number of carbonyl (C=O) groups excluding carboxylic acids is 2. The molecule has 0 saturated heterocycles. The number of aryl methyl sites for hydroxylation is 3. The Kier molecular flexibility index (Phi) is 6.17. The van der Waals surface area contributed by atoms with Crippen LogP contribution in [0.5, 0.6) is 5.75 Å². The summed E-state index contributed by atoms with van der Waals surface area (Å²) in [6, 6.07) is 4.00. The Morgan fingerprint density at radius 3 is 2.24 bits per heavy atom. The fourth-order valence-corrected chi connectivity index (χ4v) is 2.02. The molecule has 1 N–H and O–H groups in total. The van der Waals surface area contributed by atoms with Gasteiger partial charge in [-0.1, -0.05) is 17.7 Å². The van der Waals surface area contributed by atoms with E-state index in [4.69, 9.17) is 9.47 Å². The van der Waals surface area contributed by atoms with Crippen LogP contribution in [0.4, 0.5) is 0 Å². The van der Waals surface area contributed by atoms with Crippen LogP contribution in [0.3, 0.4) is 0 Å².